The first-order valence-electron chi connectivity index (χ1n) is 18.1. The smallest absolute Gasteiger partial charge is 0.138 e. The number of aryl methyl sites for hydroxylation is 1. The summed E-state index contributed by atoms with van der Waals surface area (Å²) in [6.07, 6.45) is 0. The zero-order valence-electron chi connectivity index (χ0n) is 29.5. The fraction of sp³-hybridized carbons (Fsp3) is 0.0196. The van der Waals surface area contributed by atoms with Crippen LogP contribution in [0.25, 0.3) is 66.8 Å². The number of furan rings is 1. The van der Waals surface area contributed by atoms with E-state index in [1.54, 1.807) is 0 Å². The minimum absolute atomic E-state index is 0.922. The molecule has 53 heavy (non-hydrogen) atoms. The molecule has 1 aromatic heterocycles. The van der Waals surface area contributed by atoms with Crippen molar-refractivity contribution in [2.45, 2.75) is 6.92 Å². The highest BCUT2D eigenvalue weighted by Gasteiger charge is 2.15. The normalized spacial score (nSPS) is 11.1. The van der Waals surface area contributed by atoms with E-state index in [1.807, 2.05) is 12.1 Å². The average Bonchev–Trinajstić information content (AvgIpc) is 3.58. The van der Waals surface area contributed by atoms with Gasteiger partial charge in [-0.1, -0.05) is 158 Å². The molecule has 0 saturated carbocycles. The molecule has 2 heteroatoms. The van der Waals surface area contributed by atoms with E-state index in [0.29, 0.717) is 0 Å². The molecule has 9 rings (SSSR count). The second kappa shape index (κ2) is 14.0. The van der Waals surface area contributed by atoms with Crippen molar-refractivity contribution in [3.05, 3.63) is 212 Å². The number of nitrogens with zero attached hydrogens (tertiary/aromatic N) is 1. The molecule has 0 bridgehead atoms. The summed E-state index contributed by atoms with van der Waals surface area (Å²) in [5.41, 5.74) is 16.1. The van der Waals surface area contributed by atoms with Gasteiger partial charge in [-0.15, -0.1) is 0 Å². The molecule has 0 atom stereocenters. The number of benzene rings is 8. The Morgan fingerprint density at radius 1 is 0.340 bits per heavy atom. The summed E-state index contributed by atoms with van der Waals surface area (Å²) in [5, 5.41) is 1.16. The van der Waals surface area contributed by atoms with Crippen molar-refractivity contribution in [2.75, 3.05) is 4.90 Å². The summed E-state index contributed by atoms with van der Waals surface area (Å²) in [4.78, 5) is 2.32. The van der Waals surface area contributed by atoms with Crippen LogP contribution in [0.3, 0.4) is 0 Å². The molecular weight excluding hydrogens is 643 g/mol. The van der Waals surface area contributed by atoms with Gasteiger partial charge >= 0.3 is 0 Å². The summed E-state index contributed by atoms with van der Waals surface area (Å²) in [7, 11) is 0. The van der Waals surface area contributed by atoms with Crippen LogP contribution in [0.1, 0.15) is 5.56 Å². The monoisotopic (exact) mass is 679 g/mol. The molecule has 0 aliphatic carbocycles. The minimum Gasteiger partial charge on any atom is -0.456 e. The summed E-state index contributed by atoms with van der Waals surface area (Å²) >= 11 is 0. The maximum atomic E-state index is 6.28. The second-order valence-electron chi connectivity index (χ2n) is 13.4. The Balaban J connectivity index is 0.985. The van der Waals surface area contributed by atoms with Crippen LogP contribution in [0.2, 0.25) is 0 Å². The molecule has 0 radical (unpaired) electrons. The number of hydrogen-bond donors (Lipinski definition) is 0. The Kier molecular flexibility index (Phi) is 8.47. The lowest BCUT2D eigenvalue weighted by Gasteiger charge is -2.26. The summed E-state index contributed by atoms with van der Waals surface area (Å²) < 4.78 is 6.28. The Labute approximate surface area is 310 Å². The Hall–Kier alpha value is -6.90. The fourth-order valence-corrected chi connectivity index (χ4v) is 7.37. The second-order valence-corrected chi connectivity index (χ2v) is 13.4. The summed E-state index contributed by atoms with van der Waals surface area (Å²) in [6, 6.07) is 73.3. The topological polar surface area (TPSA) is 16.4 Å². The summed E-state index contributed by atoms with van der Waals surface area (Å²) in [6.45, 7) is 2.13. The lowest BCUT2D eigenvalue weighted by atomic mass is 9.94. The van der Waals surface area contributed by atoms with Gasteiger partial charge in [-0.3, -0.25) is 0 Å². The predicted octanol–water partition coefficient (Wildman–Crippen LogP) is 14.5. The maximum absolute atomic E-state index is 6.28. The molecule has 252 valence electrons. The molecule has 0 saturated heterocycles. The van der Waals surface area contributed by atoms with Crippen LogP contribution in [-0.4, -0.2) is 0 Å². The van der Waals surface area contributed by atoms with Gasteiger partial charge in [-0.25, -0.2) is 0 Å². The number of anilines is 3. The molecule has 0 spiro atoms. The van der Waals surface area contributed by atoms with Crippen LogP contribution in [0.15, 0.2) is 211 Å². The van der Waals surface area contributed by atoms with E-state index >= 15 is 0 Å². The van der Waals surface area contributed by atoms with Gasteiger partial charge in [0.05, 0.1) is 0 Å². The first-order valence-corrected chi connectivity index (χ1v) is 18.1. The minimum atomic E-state index is 0.922. The van der Waals surface area contributed by atoms with Crippen molar-refractivity contribution < 1.29 is 4.42 Å². The number of hydrogen-bond acceptors (Lipinski definition) is 2. The van der Waals surface area contributed by atoms with Crippen LogP contribution in [0.4, 0.5) is 17.1 Å². The zero-order valence-corrected chi connectivity index (χ0v) is 29.5. The standard InChI is InChI=1S/C51H37NO/c1-36-47-19-10-11-22-50(47)53-51(36)43-16-12-15-42(35-43)39-25-23-37(24-26-39)38-27-31-45(32-28-38)52(44-17-6-3-7-18-44)46-33-29-41(30-34-46)49-21-9-8-20-48(49)40-13-4-2-5-14-40/h2-35H,1H3. The van der Waals surface area contributed by atoms with Crippen molar-refractivity contribution in [1.29, 1.82) is 0 Å². The van der Waals surface area contributed by atoms with Crippen molar-refractivity contribution >= 4 is 28.0 Å². The van der Waals surface area contributed by atoms with Gasteiger partial charge in [0.1, 0.15) is 11.3 Å². The predicted molar refractivity (Wildman–Crippen MR) is 223 cm³/mol. The maximum Gasteiger partial charge on any atom is 0.138 e. The van der Waals surface area contributed by atoms with E-state index in [0.717, 1.165) is 44.9 Å². The molecule has 0 amide bonds. The van der Waals surface area contributed by atoms with Gasteiger partial charge in [-0.05, 0) is 100.0 Å². The quantitative estimate of drug-likeness (QED) is 0.159. The molecule has 8 aromatic carbocycles. The highest BCUT2D eigenvalue weighted by atomic mass is 16.3. The third kappa shape index (κ3) is 6.32. The van der Waals surface area contributed by atoms with Crippen molar-refractivity contribution in [1.82, 2.24) is 0 Å². The third-order valence-corrected chi connectivity index (χ3v) is 10.1. The van der Waals surface area contributed by atoms with E-state index in [2.05, 4.69) is 206 Å². The van der Waals surface area contributed by atoms with Gasteiger partial charge in [0, 0.05) is 33.6 Å². The van der Waals surface area contributed by atoms with Crippen molar-refractivity contribution in [3.63, 3.8) is 0 Å². The molecule has 1 heterocycles. The Morgan fingerprint density at radius 3 is 1.40 bits per heavy atom. The van der Waals surface area contributed by atoms with E-state index in [9.17, 15) is 0 Å². The highest BCUT2D eigenvalue weighted by Crippen LogP contribution is 2.39. The van der Waals surface area contributed by atoms with Crippen LogP contribution in [-0.2, 0) is 0 Å². The number of para-hydroxylation sites is 2. The molecule has 0 N–H and O–H groups in total. The van der Waals surface area contributed by atoms with E-state index in [1.165, 1.54) is 44.5 Å². The van der Waals surface area contributed by atoms with Crippen LogP contribution in [0.5, 0.6) is 0 Å². The molecule has 2 nitrogen and oxygen atoms in total. The summed E-state index contributed by atoms with van der Waals surface area (Å²) in [5.74, 6) is 0.929. The molecule has 0 aliphatic heterocycles. The largest absolute Gasteiger partial charge is 0.456 e. The first kappa shape index (κ1) is 32.0. The van der Waals surface area contributed by atoms with Gasteiger partial charge in [0.25, 0.3) is 0 Å². The first-order chi connectivity index (χ1) is 26.2. The van der Waals surface area contributed by atoms with E-state index < -0.39 is 0 Å². The molecule has 0 fully saturated rings. The van der Waals surface area contributed by atoms with Crippen LogP contribution in [0, 0.1) is 6.92 Å². The molecule has 0 unspecified atom stereocenters. The van der Waals surface area contributed by atoms with Crippen molar-refractivity contribution in [2.24, 2.45) is 0 Å². The molecule has 0 aliphatic rings. The van der Waals surface area contributed by atoms with Crippen molar-refractivity contribution in [3.8, 4) is 55.8 Å². The SMILES string of the molecule is Cc1c(-c2cccc(-c3ccc(-c4ccc(N(c5ccccc5)c5ccc(-c6ccccc6-c6ccccc6)cc5)cc4)cc3)c2)oc2ccccc12. The van der Waals surface area contributed by atoms with Gasteiger partial charge < -0.3 is 9.32 Å². The van der Waals surface area contributed by atoms with Crippen LogP contribution >= 0.6 is 0 Å². The average molecular weight is 680 g/mol. The lowest BCUT2D eigenvalue weighted by Crippen LogP contribution is -2.09. The highest BCUT2D eigenvalue weighted by molar-refractivity contribution is 5.89. The Morgan fingerprint density at radius 2 is 0.774 bits per heavy atom. The fourth-order valence-electron chi connectivity index (χ4n) is 7.37. The number of rotatable bonds is 8. The van der Waals surface area contributed by atoms with Gasteiger partial charge in [0.2, 0.25) is 0 Å². The van der Waals surface area contributed by atoms with Gasteiger partial charge in [-0.2, -0.15) is 0 Å². The zero-order chi connectivity index (χ0) is 35.6. The van der Waals surface area contributed by atoms with E-state index in [-0.39, 0.29) is 0 Å². The van der Waals surface area contributed by atoms with E-state index in [4.69, 9.17) is 4.42 Å². The van der Waals surface area contributed by atoms with Crippen LogP contribution < -0.4 is 4.90 Å². The third-order valence-electron chi connectivity index (χ3n) is 10.1. The Bertz CT molecular complexity index is 2640. The lowest BCUT2D eigenvalue weighted by molar-refractivity contribution is 0.629. The number of fused-ring (bicyclic) bond motifs is 1. The molecule has 9 aromatic rings. The molecular formula is C51H37NO. The van der Waals surface area contributed by atoms with Gasteiger partial charge in [0.15, 0.2) is 0 Å².